The Kier molecular flexibility index (Phi) is 6.42. The molecule has 0 spiro atoms. The highest BCUT2D eigenvalue weighted by atomic mass is 16.2. The Morgan fingerprint density at radius 1 is 0.935 bits per heavy atom. The number of benzene rings is 2. The van der Waals surface area contributed by atoms with Gasteiger partial charge in [-0.3, -0.25) is 9.59 Å². The second kappa shape index (κ2) is 9.23. The van der Waals surface area contributed by atoms with Crippen LogP contribution >= 0.6 is 0 Å². The van der Waals surface area contributed by atoms with Crippen LogP contribution in [0.15, 0.2) is 48.5 Å². The molecule has 2 aromatic rings. The van der Waals surface area contributed by atoms with Gasteiger partial charge in [0.25, 0.3) is 5.91 Å². The van der Waals surface area contributed by atoms with E-state index in [0.717, 1.165) is 61.4 Å². The van der Waals surface area contributed by atoms with Crippen molar-refractivity contribution in [3.05, 3.63) is 70.8 Å². The summed E-state index contributed by atoms with van der Waals surface area (Å²) in [5, 5.41) is 3.10. The van der Waals surface area contributed by atoms with E-state index in [0.29, 0.717) is 11.8 Å². The minimum atomic E-state index is 0.00722. The molecule has 2 aliphatic heterocycles. The minimum Gasteiger partial charge on any atom is -0.349 e. The summed E-state index contributed by atoms with van der Waals surface area (Å²) >= 11 is 0. The maximum Gasteiger partial charge on any atom is 0.254 e. The third-order valence-electron chi connectivity index (χ3n) is 6.86. The molecule has 0 unspecified atom stereocenters. The minimum absolute atomic E-state index is 0.00722. The van der Waals surface area contributed by atoms with Crippen molar-refractivity contribution >= 4 is 11.8 Å². The summed E-state index contributed by atoms with van der Waals surface area (Å²) in [7, 11) is 0. The van der Waals surface area contributed by atoms with E-state index in [1.54, 1.807) is 6.92 Å². The van der Waals surface area contributed by atoms with E-state index in [1.807, 2.05) is 50.2 Å². The number of rotatable bonds is 6. The van der Waals surface area contributed by atoms with Crippen molar-refractivity contribution in [2.45, 2.75) is 33.2 Å². The first-order valence-electron chi connectivity index (χ1n) is 11.3. The van der Waals surface area contributed by atoms with Crippen LogP contribution in [0, 0.1) is 25.7 Å². The summed E-state index contributed by atoms with van der Waals surface area (Å²) in [6, 6.07) is 16.3. The van der Waals surface area contributed by atoms with Crippen molar-refractivity contribution in [2.75, 3.05) is 32.7 Å². The fraction of sp³-hybridized carbons (Fsp3) is 0.462. The molecule has 31 heavy (non-hydrogen) atoms. The Balaban J connectivity index is 1.33. The van der Waals surface area contributed by atoms with Gasteiger partial charge in [-0.15, -0.1) is 0 Å². The van der Waals surface area contributed by atoms with Gasteiger partial charge in [0.05, 0.1) is 6.04 Å². The van der Waals surface area contributed by atoms with Gasteiger partial charge in [0, 0.05) is 45.2 Å². The molecule has 0 radical (unpaired) electrons. The zero-order valence-electron chi connectivity index (χ0n) is 18.8. The molecule has 2 saturated heterocycles. The molecule has 2 fully saturated rings. The summed E-state index contributed by atoms with van der Waals surface area (Å²) in [4.78, 5) is 29.4. The van der Waals surface area contributed by atoms with Gasteiger partial charge in [0.2, 0.25) is 5.91 Å². The fourth-order valence-electron chi connectivity index (χ4n) is 5.31. The van der Waals surface area contributed by atoms with Gasteiger partial charge in [-0.1, -0.05) is 48.5 Å². The molecule has 5 heteroatoms. The first kappa shape index (κ1) is 21.6. The lowest BCUT2D eigenvalue weighted by atomic mass is 10.0. The van der Waals surface area contributed by atoms with Crippen LogP contribution in [-0.4, -0.2) is 54.3 Å². The monoisotopic (exact) mass is 419 g/mol. The van der Waals surface area contributed by atoms with Crippen LogP contribution in [0.2, 0.25) is 0 Å². The number of hydrogen-bond acceptors (Lipinski definition) is 3. The van der Waals surface area contributed by atoms with Crippen LogP contribution in [-0.2, 0) is 4.79 Å². The molecule has 5 nitrogen and oxygen atoms in total. The maximum absolute atomic E-state index is 13.1. The maximum atomic E-state index is 13.1. The van der Waals surface area contributed by atoms with Crippen molar-refractivity contribution in [3.63, 3.8) is 0 Å². The largest absolute Gasteiger partial charge is 0.349 e. The van der Waals surface area contributed by atoms with Crippen molar-refractivity contribution in [2.24, 2.45) is 11.8 Å². The number of carbonyl (C=O) groups excluding carboxylic acids is 2. The van der Waals surface area contributed by atoms with Crippen molar-refractivity contribution < 1.29 is 9.59 Å². The van der Waals surface area contributed by atoms with Gasteiger partial charge in [-0.2, -0.15) is 0 Å². The van der Waals surface area contributed by atoms with E-state index in [9.17, 15) is 9.59 Å². The average molecular weight is 420 g/mol. The fourth-order valence-corrected chi connectivity index (χ4v) is 5.31. The third-order valence-corrected chi connectivity index (χ3v) is 6.86. The smallest absolute Gasteiger partial charge is 0.254 e. The summed E-state index contributed by atoms with van der Waals surface area (Å²) in [5.74, 6) is 1.28. The molecule has 4 rings (SSSR count). The first-order chi connectivity index (χ1) is 14.9. The molecule has 0 aliphatic carbocycles. The second-order valence-corrected chi connectivity index (χ2v) is 9.21. The van der Waals surface area contributed by atoms with Gasteiger partial charge in [0.1, 0.15) is 0 Å². The number of amides is 2. The Labute approximate surface area is 185 Å². The normalized spacial score (nSPS) is 21.7. The van der Waals surface area contributed by atoms with Crippen LogP contribution in [0.1, 0.15) is 46.4 Å². The number of likely N-dealkylation sites (tertiary alicyclic amines) is 2. The highest BCUT2D eigenvalue weighted by Crippen LogP contribution is 2.33. The lowest BCUT2D eigenvalue weighted by Crippen LogP contribution is -2.35. The van der Waals surface area contributed by atoms with E-state index >= 15 is 0 Å². The molecule has 2 aliphatic rings. The van der Waals surface area contributed by atoms with Gasteiger partial charge < -0.3 is 15.1 Å². The number of aryl methyl sites for hydroxylation is 2. The topological polar surface area (TPSA) is 52.7 Å². The van der Waals surface area contributed by atoms with Gasteiger partial charge in [-0.25, -0.2) is 0 Å². The lowest BCUT2D eigenvalue weighted by molar-refractivity contribution is -0.119. The molecule has 2 aromatic carbocycles. The number of nitrogens with zero attached hydrogens (tertiary/aromatic N) is 2. The Morgan fingerprint density at radius 2 is 1.55 bits per heavy atom. The predicted molar refractivity (Wildman–Crippen MR) is 123 cm³/mol. The van der Waals surface area contributed by atoms with Crippen molar-refractivity contribution in [1.29, 1.82) is 0 Å². The van der Waals surface area contributed by atoms with Crippen LogP contribution in [0.25, 0.3) is 0 Å². The third kappa shape index (κ3) is 4.82. The van der Waals surface area contributed by atoms with Crippen LogP contribution in [0.3, 0.4) is 0 Å². The Hall–Kier alpha value is -2.66. The van der Waals surface area contributed by atoms with Crippen LogP contribution in [0.5, 0.6) is 0 Å². The van der Waals surface area contributed by atoms with Crippen molar-refractivity contribution in [3.8, 4) is 0 Å². The summed E-state index contributed by atoms with van der Waals surface area (Å²) in [5.41, 5.74) is 4.16. The SMILES string of the molecule is CC(=O)N[C@@H](CCN1C[C@@H]2CN(C(=O)c3c(C)cccc3C)C[C@@H]2C1)c1ccccc1. The zero-order chi connectivity index (χ0) is 22.0. The van der Waals surface area contributed by atoms with E-state index in [2.05, 4.69) is 27.2 Å². The molecule has 0 aromatic heterocycles. The van der Waals surface area contributed by atoms with E-state index in [4.69, 9.17) is 0 Å². The molecule has 1 N–H and O–H groups in total. The standard InChI is InChI=1S/C26H33N3O2/c1-18-8-7-9-19(2)25(18)26(31)29-16-22-14-28(15-23(22)17-29)13-12-24(27-20(3)30)21-10-5-4-6-11-21/h4-11,22-24H,12-17H2,1-3H3,(H,27,30)/t22-,23+,24-/m0/s1. The quantitative estimate of drug-likeness (QED) is 0.779. The van der Waals surface area contributed by atoms with Crippen molar-refractivity contribution in [1.82, 2.24) is 15.1 Å². The number of carbonyl (C=O) groups is 2. The predicted octanol–water partition coefficient (Wildman–Crippen LogP) is 3.57. The summed E-state index contributed by atoms with van der Waals surface area (Å²) in [6.07, 6.45) is 0.897. The highest BCUT2D eigenvalue weighted by Gasteiger charge is 2.41. The number of hydrogen-bond donors (Lipinski definition) is 1. The van der Waals surface area contributed by atoms with Gasteiger partial charge in [0.15, 0.2) is 0 Å². The molecule has 0 bridgehead atoms. The zero-order valence-corrected chi connectivity index (χ0v) is 18.8. The van der Waals surface area contributed by atoms with Gasteiger partial charge >= 0.3 is 0 Å². The van der Waals surface area contributed by atoms with E-state index in [-0.39, 0.29) is 17.9 Å². The summed E-state index contributed by atoms with van der Waals surface area (Å²) < 4.78 is 0. The summed E-state index contributed by atoms with van der Waals surface area (Å²) in [6.45, 7) is 10.3. The highest BCUT2D eigenvalue weighted by molar-refractivity contribution is 5.97. The molecule has 2 heterocycles. The molecule has 3 atom stereocenters. The average Bonchev–Trinajstić information content (AvgIpc) is 3.30. The van der Waals surface area contributed by atoms with Crippen LogP contribution in [0.4, 0.5) is 0 Å². The Bertz CT molecular complexity index is 909. The Morgan fingerprint density at radius 3 is 2.13 bits per heavy atom. The van der Waals surface area contributed by atoms with E-state index in [1.165, 1.54) is 0 Å². The van der Waals surface area contributed by atoms with Crippen LogP contribution < -0.4 is 5.32 Å². The number of fused-ring (bicyclic) bond motifs is 1. The molecule has 164 valence electrons. The van der Waals surface area contributed by atoms with Gasteiger partial charge in [-0.05, 0) is 48.8 Å². The second-order valence-electron chi connectivity index (χ2n) is 9.21. The molecular weight excluding hydrogens is 386 g/mol. The first-order valence-corrected chi connectivity index (χ1v) is 11.3. The number of nitrogens with one attached hydrogen (secondary N) is 1. The lowest BCUT2D eigenvalue weighted by Gasteiger charge is -2.25. The molecule has 2 amide bonds. The van der Waals surface area contributed by atoms with E-state index < -0.39 is 0 Å². The molecular formula is C26H33N3O2. The molecule has 0 saturated carbocycles.